The maximum atomic E-state index is 13.1. The van der Waals surface area contributed by atoms with Gasteiger partial charge < -0.3 is 19.3 Å². The number of hydrogen-bond acceptors (Lipinski definition) is 4. The van der Waals surface area contributed by atoms with Crippen LogP contribution in [0.1, 0.15) is 37.8 Å². The highest BCUT2D eigenvalue weighted by Gasteiger charge is 2.45. The number of nitrogens with zero attached hydrogens (tertiary/aromatic N) is 2. The van der Waals surface area contributed by atoms with E-state index in [1.165, 1.54) is 11.1 Å². The molecule has 0 saturated carbocycles. The molecule has 136 valence electrons. The van der Waals surface area contributed by atoms with E-state index in [2.05, 4.69) is 36.2 Å². The second-order valence-electron chi connectivity index (χ2n) is 8.25. The molecular formula is C20H28N2O3. The first-order chi connectivity index (χ1) is 11.9. The number of benzene rings is 1. The van der Waals surface area contributed by atoms with E-state index in [0.29, 0.717) is 13.2 Å². The molecule has 0 aliphatic carbocycles. The summed E-state index contributed by atoms with van der Waals surface area (Å²) in [6.07, 6.45) is 1.71. The van der Waals surface area contributed by atoms with Gasteiger partial charge in [0.15, 0.2) is 11.9 Å². The summed E-state index contributed by atoms with van der Waals surface area (Å²) in [5.41, 5.74) is 2.80. The van der Waals surface area contributed by atoms with Crippen molar-refractivity contribution in [2.45, 2.75) is 50.5 Å². The highest BCUT2D eigenvalue weighted by molar-refractivity contribution is 5.82. The van der Waals surface area contributed by atoms with Crippen LogP contribution in [0, 0.1) is 0 Å². The van der Waals surface area contributed by atoms with Gasteiger partial charge >= 0.3 is 0 Å². The molecule has 1 spiro atoms. The monoisotopic (exact) mass is 344 g/mol. The first-order valence-electron chi connectivity index (χ1n) is 9.26. The van der Waals surface area contributed by atoms with Crippen molar-refractivity contribution in [3.63, 3.8) is 0 Å². The lowest BCUT2D eigenvalue weighted by atomic mass is 9.69. The largest absolute Gasteiger partial charge is 0.347 e. The Morgan fingerprint density at radius 1 is 1.20 bits per heavy atom. The van der Waals surface area contributed by atoms with E-state index in [9.17, 15) is 4.79 Å². The average Bonchev–Trinajstić information content (AvgIpc) is 2.97. The number of piperidine rings is 1. The molecule has 3 aliphatic heterocycles. The van der Waals surface area contributed by atoms with E-state index in [1.54, 1.807) is 0 Å². The topological polar surface area (TPSA) is 42.0 Å². The van der Waals surface area contributed by atoms with Crippen LogP contribution in [0.3, 0.4) is 0 Å². The highest BCUT2D eigenvalue weighted by atomic mass is 16.7. The molecular weight excluding hydrogens is 316 g/mol. The van der Waals surface area contributed by atoms with Crippen LogP contribution in [-0.4, -0.2) is 60.9 Å². The summed E-state index contributed by atoms with van der Waals surface area (Å²) < 4.78 is 11.4. The summed E-state index contributed by atoms with van der Waals surface area (Å²) in [6, 6.07) is 8.64. The minimum Gasteiger partial charge on any atom is -0.347 e. The zero-order valence-corrected chi connectivity index (χ0v) is 15.5. The Hall–Kier alpha value is -1.43. The first kappa shape index (κ1) is 17.0. The highest BCUT2D eigenvalue weighted by Crippen LogP contribution is 2.42. The van der Waals surface area contributed by atoms with E-state index in [-0.39, 0.29) is 11.3 Å². The van der Waals surface area contributed by atoms with Crippen LogP contribution in [-0.2, 0) is 26.2 Å². The molecule has 2 saturated heterocycles. The second-order valence-corrected chi connectivity index (χ2v) is 8.25. The van der Waals surface area contributed by atoms with Gasteiger partial charge in [-0.3, -0.25) is 4.79 Å². The van der Waals surface area contributed by atoms with Gasteiger partial charge in [0, 0.05) is 18.5 Å². The zero-order chi connectivity index (χ0) is 17.7. The van der Waals surface area contributed by atoms with Gasteiger partial charge in [-0.2, -0.15) is 0 Å². The third kappa shape index (κ3) is 3.09. The van der Waals surface area contributed by atoms with Crippen LogP contribution in [0.4, 0.5) is 0 Å². The molecule has 3 aliphatic rings. The Bertz CT molecular complexity index is 665. The Kier molecular flexibility index (Phi) is 4.13. The van der Waals surface area contributed by atoms with Crippen molar-refractivity contribution in [3.05, 3.63) is 35.4 Å². The van der Waals surface area contributed by atoms with Gasteiger partial charge in [0.2, 0.25) is 0 Å². The third-order valence-electron chi connectivity index (χ3n) is 5.98. The normalized spacial score (nSPS) is 28.1. The van der Waals surface area contributed by atoms with Gasteiger partial charge in [-0.05, 0) is 58.0 Å². The number of fused-ring (bicyclic) bond motifs is 2. The van der Waals surface area contributed by atoms with Gasteiger partial charge in [0.05, 0.1) is 6.61 Å². The minimum atomic E-state index is -0.667. The van der Waals surface area contributed by atoms with Crippen LogP contribution in [0.25, 0.3) is 0 Å². The summed E-state index contributed by atoms with van der Waals surface area (Å²) in [5.74, 6) is -0.599. The van der Waals surface area contributed by atoms with Crippen LogP contribution in [0.5, 0.6) is 0 Å². The lowest BCUT2D eigenvalue weighted by Gasteiger charge is -2.48. The van der Waals surface area contributed by atoms with E-state index in [4.69, 9.17) is 9.47 Å². The minimum absolute atomic E-state index is 0.0679. The molecule has 0 unspecified atom stereocenters. The number of rotatable bonds is 1. The van der Waals surface area contributed by atoms with E-state index in [0.717, 1.165) is 32.5 Å². The third-order valence-corrected chi connectivity index (χ3v) is 5.98. The molecule has 1 amide bonds. The van der Waals surface area contributed by atoms with Gasteiger partial charge in [0.1, 0.15) is 0 Å². The molecule has 25 heavy (non-hydrogen) atoms. The molecule has 4 rings (SSSR count). The first-order valence-corrected chi connectivity index (χ1v) is 9.26. The molecule has 0 bridgehead atoms. The lowest BCUT2D eigenvalue weighted by molar-refractivity contribution is -0.161. The molecule has 0 N–H and O–H groups in total. The van der Waals surface area contributed by atoms with Crippen LogP contribution in [0.2, 0.25) is 0 Å². The molecule has 1 aromatic carbocycles. The summed E-state index contributed by atoms with van der Waals surface area (Å²) in [4.78, 5) is 17.5. The fourth-order valence-electron chi connectivity index (χ4n) is 4.53. The Balaban J connectivity index is 1.61. The van der Waals surface area contributed by atoms with Crippen molar-refractivity contribution in [2.75, 3.05) is 33.3 Å². The average molecular weight is 344 g/mol. The summed E-state index contributed by atoms with van der Waals surface area (Å²) in [6.45, 7) is 7.69. The van der Waals surface area contributed by atoms with E-state index in [1.807, 2.05) is 18.7 Å². The fraction of sp³-hybridized carbons (Fsp3) is 0.650. The van der Waals surface area contributed by atoms with E-state index >= 15 is 0 Å². The maximum absolute atomic E-state index is 13.1. The molecule has 0 radical (unpaired) electrons. The number of likely N-dealkylation sites (tertiary alicyclic amines) is 1. The summed E-state index contributed by atoms with van der Waals surface area (Å²) in [5, 5.41) is 0. The van der Waals surface area contributed by atoms with Crippen LogP contribution >= 0.6 is 0 Å². The van der Waals surface area contributed by atoms with Crippen LogP contribution in [0.15, 0.2) is 24.3 Å². The number of carbonyl (C=O) groups excluding carboxylic acids is 1. The quantitative estimate of drug-likeness (QED) is 0.783. The summed E-state index contributed by atoms with van der Waals surface area (Å²) in [7, 11) is 2.18. The standard InChI is InChI=1S/C20H28N2O3/c1-19(2)24-13-17(25-19)18(23)22-12-15-6-4-5-7-16(15)20(14-22)8-10-21(3)11-9-20/h4-7,17H,8-14H2,1-3H3/t17-/m0/s1. The molecule has 5 nitrogen and oxygen atoms in total. The number of carbonyl (C=O) groups is 1. The number of amides is 1. The summed E-state index contributed by atoms with van der Waals surface area (Å²) >= 11 is 0. The Morgan fingerprint density at radius 3 is 2.60 bits per heavy atom. The van der Waals surface area contributed by atoms with Crippen molar-refractivity contribution in [3.8, 4) is 0 Å². The molecule has 1 aromatic rings. The number of hydrogen-bond donors (Lipinski definition) is 0. The Morgan fingerprint density at radius 2 is 1.92 bits per heavy atom. The molecule has 0 aromatic heterocycles. The zero-order valence-electron chi connectivity index (χ0n) is 15.5. The maximum Gasteiger partial charge on any atom is 0.254 e. The van der Waals surface area contributed by atoms with Gasteiger partial charge in [-0.25, -0.2) is 0 Å². The lowest BCUT2D eigenvalue weighted by Crippen LogP contribution is -2.54. The molecule has 5 heteroatoms. The predicted octanol–water partition coefficient (Wildman–Crippen LogP) is 2.14. The van der Waals surface area contributed by atoms with Gasteiger partial charge in [-0.15, -0.1) is 0 Å². The second kappa shape index (κ2) is 6.08. The molecule has 3 heterocycles. The van der Waals surface area contributed by atoms with Crippen molar-refractivity contribution >= 4 is 5.91 Å². The fourth-order valence-corrected chi connectivity index (χ4v) is 4.53. The van der Waals surface area contributed by atoms with Crippen molar-refractivity contribution in [1.29, 1.82) is 0 Å². The van der Waals surface area contributed by atoms with Crippen molar-refractivity contribution < 1.29 is 14.3 Å². The van der Waals surface area contributed by atoms with Crippen molar-refractivity contribution in [2.24, 2.45) is 0 Å². The number of ether oxygens (including phenoxy) is 2. The van der Waals surface area contributed by atoms with Crippen molar-refractivity contribution in [1.82, 2.24) is 9.80 Å². The van der Waals surface area contributed by atoms with E-state index < -0.39 is 11.9 Å². The SMILES string of the molecule is CN1CCC2(CC1)CN(C(=O)[C@@H]1COC(C)(C)O1)Cc1ccccc12. The predicted molar refractivity (Wildman–Crippen MR) is 95.2 cm³/mol. The van der Waals surface area contributed by atoms with Gasteiger partial charge in [-0.1, -0.05) is 24.3 Å². The van der Waals surface area contributed by atoms with Gasteiger partial charge in [0.25, 0.3) is 5.91 Å². The smallest absolute Gasteiger partial charge is 0.254 e. The molecule has 2 fully saturated rings. The molecule has 1 atom stereocenters. The Labute approximate surface area is 149 Å². The van der Waals surface area contributed by atoms with Crippen LogP contribution < -0.4 is 0 Å².